The minimum Gasteiger partial charge on any atom is -0.295 e. The molecule has 1 aromatic carbocycles. The van der Waals surface area contributed by atoms with Gasteiger partial charge in [0, 0.05) is 23.6 Å². The number of benzene rings is 1. The molecular formula is C12H14FNOS. The highest BCUT2D eigenvalue weighted by Crippen LogP contribution is 2.18. The molecule has 0 N–H and O–H groups in total. The zero-order valence-electron chi connectivity index (χ0n) is 9.15. The molecule has 1 fully saturated rings. The maximum atomic E-state index is 13.0. The zero-order chi connectivity index (χ0) is 11.5. The SMILES string of the molecule is CN1CCSCC1C(=O)c1cccc(F)c1. The number of thioether (sulfide) groups is 1. The first-order chi connectivity index (χ1) is 7.68. The fourth-order valence-electron chi connectivity index (χ4n) is 1.80. The van der Waals surface area contributed by atoms with Crippen LogP contribution in [-0.4, -0.2) is 41.8 Å². The second-order valence-corrected chi connectivity index (χ2v) is 5.10. The molecular weight excluding hydrogens is 225 g/mol. The average Bonchev–Trinajstić information content (AvgIpc) is 2.29. The number of rotatable bonds is 2. The number of halogens is 1. The Hall–Kier alpha value is -0.870. The van der Waals surface area contributed by atoms with E-state index in [1.54, 1.807) is 23.9 Å². The number of likely N-dealkylation sites (N-methyl/N-ethyl adjacent to an activating group) is 1. The predicted molar refractivity (Wildman–Crippen MR) is 64.5 cm³/mol. The predicted octanol–water partition coefficient (Wildman–Crippen LogP) is 2.06. The Bertz CT molecular complexity index is 396. The van der Waals surface area contributed by atoms with Gasteiger partial charge in [-0.1, -0.05) is 12.1 Å². The van der Waals surface area contributed by atoms with E-state index in [1.807, 2.05) is 11.9 Å². The van der Waals surface area contributed by atoms with E-state index in [0.29, 0.717) is 5.56 Å². The second-order valence-electron chi connectivity index (χ2n) is 3.95. The molecule has 0 aromatic heterocycles. The van der Waals surface area contributed by atoms with Crippen molar-refractivity contribution in [2.75, 3.05) is 25.1 Å². The molecule has 1 saturated heterocycles. The lowest BCUT2D eigenvalue weighted by atomic mass is 10.0. The summed E-state index contributed by atoms with van der Waals surface area (Å²) >= 11 is 1.78. The van der Waals surface area contributed by atoms with Crippen molar-refractivity contribution in [2.24, 2.45) is 0 Å². The Morgan fingerprint density at radius 2 is 2.38 bits per heavy atom. The van der Waals surface area contributed by atoms with Crippen LogP contribution in [0.25, 0.3) is 0 Å². The molecule has 0 amide bonds. The molecule has 2 rings (SSSR count). The molecule has 1 unspecified atom stereocenters. The Morgan fingerprint density at radius 3 is 3.06 bits per heavy atom. The van der Waals surface area contributed by atoms with Crippen LogP contribution in [0, 0.1) is 5.82 Å². The Balaban J connectivity index is 2.17. The summed E-state index contributed by atoms with van der Waals surface area (Å²) in [7, 11) is 1.95. The minimum atomic E-state index is -0.350. The molecule has 1 atom stereocenters. The third-order valence-corrected chi connectivity index (χ3v) is 3.83. The van der Waals surface area contributed by atoms with Crippen molar-refractivity contribution in [3.05, 3.63) is 35.6 Å². The quantitative estimate of drug-likeness (QED) is 0.737. The van der Waals surface area contributed by atoms with E-state index in [4.69, 9.17) is 0 Å². The molecule has 4 heteroatoms. The normalized spacial score (nSPS) is 22.0. The van der Waals surface area contributed by atoms with Gasteiger partial charge in [-0.15, -0.1) is 0 Å². The number of Topliss-reactive ketones (excluding diaryl/α,β-unsaturated/α-hetero) is 1. The summed E-state index contributed by atoms with van der Waals surface area (Å²) in [5, 5.41) is 0. The van der Waals surface area contributed by atoms with Crippen LogP contribution >= 0.6 is 11.8 Å². The van der Waals surface area contributed by atoms with E-state index in [9.17, 15) is 9.18 Å². The van der Waals surface area contributed by atoms with Gasteiger partial charge in [0.05, 0.1) is 6.04 Å². The fourth-order valence-corrected chi connectivity index (χ4v) is 3.01. The number of hydrogen-bond donors (Lipinski definition) is 0. The number of ketones is 1. The monoisotopic (exact) mass is 239 g/mol. The average molecular weight is 239 g/mol. The van der Waals surface area contributed by atoms with Gasteiger partial charge in [0.2, 0.25) is 0 Å². The number of carbonyl (C=O) groups is 1. The third kappa shape index (κ3) is 2.44. The number of carbonyl (C=O) groups excluding carboxylic acids is 1. The van der Waals surface area contributed by atoms with Gasteiger partial charge in [0.25, 0.3) is 0 Å². The summed E-state index contributed by atoms with van der Waals surface area (Å²) < 4.78 is 13.0. The first-order valence-electron chi connectivity index (χ1n) is 5.26. The van der Waals surface area contributed by atoms with Crippen LogP contribution in [0.1, 0.15) is 10.4 Å². The molecule has 0 radical (unpaired) electrons. The van der Waals surface area contributed by atoms with E-state index in [-0.39, 0.29) is 17.6 Å². The summed E-state index contributed by atoms with van der Waals surface area (Å²) in [6, 6.07) is 5.82. The Morgan fingerprint density at radius 1 is 1.56 bits per heavy atom. The molecule has 1 aliphatic heterocycles. The first kappa shape index (κ1) is 11.6. The standard InChI is InChI=1S/C12H14FNOS/c1-14-5-6-16-8-11(14)12(15)9-3-2-4-10(13)7-9/h2-4,7,11H,5-6,8H2,1H3. The lowest BCUT2D eigenvalue weighted by Crippen LogP contribution is -2.44. The first-order valence-corrected chi connectivity index (χ1v) is 6.42. The van der Waals surface area contributed by atoms with Gasteiger partial charge in [-0.25, -0.2) is 4.39 Å². The summed E-state index contributed by atoms with van der Waals surface area (Å²) in [6.07, 6.45) is 0. The van der Waals surface area contributed by atoms with Gasteiger partial charge in [-0.05, 0) is 19.2 Å². The highest BCUT2D eigenvalue weighted by Gasteiger charge is 2.27. The molecule has 0 saturated carbocycles. The van der Waals surface area contributed by atoms with Crippen molar-refractivity contribution in [1.29, 1.82) is 0 Å². The van der Waals surface area contributed by atoms with E-state index in [0.717, 1.165) is 18.1 Å². The van der Waals surface area contributed by atoms with Gasteiger partial charge in [0.15, 0.2) is 5.78 Å². The number of hydrogen-bond acceptors (Lipinski definition) is 3. The van der Waals surface area contributed by atoms with Gasteiger partial charge < -0.3 is 0 Å². The third-order valence-electron chi connectivity index (χ3n) is 2.81. The summed E-state index contributed by atoms with van der Waals surface area (Å²) in [6.45, 7) is 0.913. The summed E-state index contributed by atoms with van der Waals surface area (Å²) in [5.74, 6) is 1.53. The van der Waals surface area contributed by atoms with Crippen LogP contribution < -0.4 is 0 Å². The van der Waals surface area contributed by atoms with Crippen molar-refractivity contribution in [3.63, 3.8) is 0 Å². The maximum absolute atomic E-state index is 13.0. The lowest BCUT2D eigenvalue weighted by Gasteiger charge is -2.30. The van der Waals surface area contributed by atoms with Crippen LogP contribution in [0.15, 0.2) is 24.3 Å². The largest absolute Gasteiger partial charge is 0.295 e. The summed E-state index contributed by atoms with van der Waals surface area (Å²) in [4.78, 5) is 14.2. The van der Waals surface area contributed by atoms with E-state index >= 15 is 0 Å². The molecule has 1 aromatic rings. The van der Waals surface area contributed by atoms with E-state index in [2.05, 4.69) is 0 Å². The smallest absolute Gasteiger partial charge is 0.180 e. The highest BCUT2D eigenvalue weighted by molar-refractivity contribution is 7.99. The Kier molecular flexibility index (Phi) is 3.61. The molecule has 1 aliphatic rings. The summed E-state index contributed by atoms with van der Waals surface area (Å²) in [5.41, 5.74) is 0.472. The molecule has 2 nitrogen and oxygen atoms in total. The highest BCUT2D eigenvalue weighted by atomic mass is 32.2. The molecule has 86 valence electrons. The Labute approximate surface area is 98.8 Å². The van der Waals surface area contributed by atoms with Crippen LogP contribution in [-0.2, 0) is 0 Å². The van der Waals surface area contributed by atoms with E-state index in [1.165, 1.54) is 12.1 Å². The lowest BCUT2D eigenvalue weighted by molar-refractivity contribution is 0.0874. The maximum Gasteiger partial charge on any atom is 0.180 e. The van der Waals surface area contributed by atoms with Crippen molar-refractivity contribution in [3.8, 4) is 0 Å². The van der Waals surface area contributed by atoms with Crippen LogP contribution in [0.2, 0.25) is 0 Å². The van der Waals surface area contributed by atoms with Gasteiger partial charge in [-0.2, -0.15) is 11.8 Å². The fraction of sp³-hybridized carbons (Fsp3) is 0.417. The van der Waals surface area contributed by atoms with Gasteiger partial charge >= 0.3 is 0 Å². The molecule has 16 heavy (non-hydrogen) atoms. The van der Waals surface area contributed by atoms with E-state index < -0.39 is 0 Å². The number of nitrogens with zero attached hydrogens (tertiary/aromatic N) is 1. The van der Waals surface area contributed by atoms with Crippen LogP contribution in [0.4, 0.5) is 4.39 Å². The molecule has 0 spiro atoms. The topological polar surface area (TPSA) is 20.3 Å². The van der Waals surface area contributed by atoms with Gasteiger partial charge in [0.1, 0.15) is 5.82 Å². The van der Waals surface area contributed by atoms with Gasteiger partial charge in [-0.3, -0.25) is 9.69 Å². The second kappa shape index (κ2) is 4.97. The molecule has 0 bridgehead atoms. The van der Waals surface area contributed by atoms with Crippen molar-refractivity contribution in [1.82, 2.24) is 4.90 Å². The van der Waals surface area contributed by atoms with Crippen molar-refractivity contribution >= 4 is 17.5 Å². The zero-order valence-corrected chi connectivity index (χ0v) is 9.97. The minimum absolute atomic E-state index is 0.0224. The van der Waals surface area contributed by atoms with Crippen LogP contribution in [0.3, 0.4) is 0 Å². The van der Waals surface area contributed by atoms with Crippen molar-refractivity contribution in [2.45, 2.75) is 6.04 Å². The molecule has 1 heterocycles. The molecule has 0 aliphatic carbocycles. The van der Waals surface area contributed by atoms with Crippen LogP contribution in [0.5, 0.6) is 0 Å². The van der Waals surface area contributed by atoms with Crippen molar-refractivity contribution < 1.29 is 9.18 Å².